The largest absolute Gasteiger partial charge is 0.418 e. The van der Waals surface area contributed by atoms with Crippen LogP contribution in [0.15, 0.2) is 21.5 Å². The number of hydrogen-bond acceptors (Lipinski definition) is 2. The summed E-state index contributed by atoms with van der Waals surface area (Å²) in [5.74, 6) is 0. The van der Waals surface area contributed by atoms with Crippen LogP contribution in [0, 0.1) is 0 Å². The molecule has 2 N–H and O–H groups in total. The topological polar surface area (TPSA) is 60.2 Å². The van der Waals surface area contributed by atoms with E-state index in [1.165, 1.54) is 0 Å². The number of sulfonamides is 1. The van der Waals surface area contributed by atoms with Crippen LogP contribution in [0.3, 0.4) is 0 Å². The van der Waals surface area contributed by atoms with E-state index in [9.17, 15) is 34.8 Å². The summed E-state index contributed by atoms with van der Waals surface area (Å²) in [6, 6.07) is 0.666. The Bertz CT molecular complexity index is 607. The van der Waals surface area contributed by atoms with Gasteiger partial charge >= 0.3 is 12.4 Å². The smallest absolute Gasteiger partial charge is 0.225 e. The van der Waals surface area contributed by atoms with E-state index in [1.54, 1.807) is 0 Å². The summed E-state index contributed by atoms with van der Waals surface area (Å²) in [6.07, 6.45) is -10.6. The molecule has 0 aliphatic carbocycles. The lowest BCUT2D eigenvalue weighted by Gasteiger charge is -2.18. The maximum absolute atomic E-state index is 12.7. The van der Waals surface area contributed by atoms with E-state index in [0.29, 0.717) is 6.07 Å². The number of alkyl halides is 6. The molecule has 0 radical (unpaired) electrons. The van der Waals surface area contributed by atoms with Crippen LogP contribution in [0.4, 0.5) is 26.3 Å². The Hall–Kier alpha value is -0.810. The van der Waals surface area contributed by atoms with Crippen molar-refractivity contribution >= 4 is 26.0 Å². The van der Waals surface area contributed by atoms with Gasteiger partial charge < -0.3 is 0 Å². The Kier molecular flexibility index (Phi) is 3.96. The third kappa shape index (κ3) is 3.39. The Balaban J connectivity index is 3.94. The highest BCUT2D eigenvalue weighted by molar-refractivity contribution is 9.10. The quantitative estimate of drug-likeness (QED) is 0.771. The van der Waals surface area contributed by atoms with Crippen molar-refractivity contribution < 1.29 is 34.8 Å². The molecule has 0 atom stereocenters. The van der Waals surface area contributed by atoms with Gasteiger partial charge in [0.15, 0.2) is 0 Å². The summed E-state index contributed by atoms with van der Waals surface area (Å²) in [6.45, 7) is 0. The van der Waals surface area contributed by atoms with Gasteiger partial charge in [0.2, 0.25) is 10.0 Å². The maximum atomic E-state index is 12.7. The Morgan fingerprint density at radius 2 is 1.47 bits per heavy atom. The van der Waals surface area contributed by atoms with Crippen molar-refractivity contribution in [2.45, 2.75) is 17.2 Å². The van der Waals surface area contributed by atoms with Crippen molar-refractivity contribution in [1.29, 1.82) is 0 Å². The zero-order valence-electron chi connectivity index (χ0n) is 8.60. The average molecular weight is 372 g/mol. The number of primary sulfonamides is 1. The highest BCUT2D eigenvalue weighted by Crippen LogP contribution is 2.44. The van der Waals surface area contributed by atoms with Gasteiger partial charge in [0.25, 0.3) is 0 Å². The van der Waals surface area contributed by atoms with Gasteiger partial charge in [-0.05, 0) is 12.1 Å². The molecule has 0 aliphatic rings. The summed E-state index contributed by atoms with van der Waals surface area (Å²) in [7, 11) is -5.22. The van der Waals surface area contributed by atoms with Gasteiger partial charge in [0.1, 0.15) is 4.90 Å². The molecule has 11 heteroatoms. The van der Waals surface area contributed by atoms with Crippen molar-refractivity contribution in [3.8, 4) is 0 Å². The lowest BCUT2D eigenvalue weighted by Crippen LogP contribution is -2.24. The molecule has 0 spiro atoms. The average Bonchev–Trinajstić information content (AvgIpc) is 2.11. The minimum absolute atomic E-state index is 0.207. The standard InChI is InChI=1S/C8H4BrF6NO2S/c9-4-2-1-3(7(10,11)12)6(19(16,17)18)5(4)8(13,14)15/h1-2H,(H2,16,17,18). The van der Waals surface area contributed by atoms with Crippen LogP contribution in [0.5, 0.6) is 0 Å². The Morgan fingerprint density at radius 3 is 1.79 bits per heavy atom. The van der Waals surface area contributed by atoms with Gasteiger partial charge in [-0.25, -0.2) is 13.6 Å². The fourth-order valence-corrected chi connectivity index (χ4v) is 3.03. The third-order valence-corrected chi connectivity index (χ3v) is 3.63. The molecule has 0 amide bonds. The van der Waals surface area contributed by atoms with Crippen molar-refractivity contribution in [1.82, 2.24) is 0 Å². The van der Waals surface area contributed by atoms with Gasteiger partial charge in [0, 0.05) is 4.47 Å². The van der Waals surface area contributed by atoms with Crippen molar-refractivity contribution in [2.75, 3.05) is 0 Å². The molecule has 108 valence electrons. The zero-order valence-corrected chi connectivity index (χ0v) is 11.0. The summed E-state index contributed by atoms with van der Waals surface area (Å²) in [5.41, 5.74) is -3.95. The molecule has 1 rings (SSSR count). The predicted octanol–water partition coefficient (Wildman–Crippen LogP) is 3.13. The molecular weight excluding hydrogens is 368 g/mol. The third-order valence-electron chi connectivity index (χ3n) is 1.98. The molecule has 0 unspecified atom stereocenters. The normalized spacial score (nSPS) is 13.7. The first kappa shape index (κ1) is 16.2. The number of halogens is 7. The molecule has 0 heterocycles. The first-order valence-corrected chi connectivity index (χ1v) is 6.60. The molecule has 19 heavy (non-hydrogen) atoms. The van der Waals surface area contributed by atoms with Crippen molar-refractivity contribution in [3.63, 3.8) is 0 Å². The number of hydrogen-bond donors (Lipinski definition) is 1. The maximum Gasteiger partial charge on any atom is 0.418 e. The van der Waals surface area contributed by atoms with Gasteiger partial charge in [-0.15, -0.1) is 0 Å². The highest BCUT2D eigenvalue weighted by Gasteiger charge is 2.45. The van der Waals surface area contributed by atoms with E-state index < -0.39 is 42.9 Å². The molecule has 0 saturated carbocycles. The highest BCUT2D eigenvalue weighted by atomic mass is 79.9. The minimum atomic E-state index is -5.32. The molecule has 1 aromatic rings. The van der Waals surface area contributed by atoms with E-state index in [4.69, 9.17) is 0 Å². The van der Waals surface area contributed by atoms with Crippen LogP contribution >= 0.6 is 15.9 Å². The molecule has 0 aliphatic heterocycles. The molecule has 0 aromatic heterocycles. The summed E-state index contributed by atoms with van der Waals surface area (Å²) in [5, 5.41) is 4.47. The first-order chi connectivity index (χ1) is 8.26. The van der Waals surface area contributed by atoms with Crippen LogP contribution in [0.2, 0.25) is 0 Å². The fraction of sp³-hybridized carbons (Fsp3) is 0.250. The van der Waals surface area contributed by atoms with Crippen LogP contribution in [0.1, 0.15) is 11.1 Å². The molecule has 1 aromatic carbocycles. The van der Waals surface area contributed by atoms with Crippen LogP contribution in [-0.2, 0) is 22.4 Å². The number of nitrogens with two attached hydrogens (primary N) is 1. The summed E-state index contributed by atoms with van der Waals surface area (Å²) in [4.78, 5) is -2.00. The van der Waals surface area contributed by atoms with Crippen molar-refractivity contribution in [2.24, 2.45) is 5.14 Å². The molecule has 0 bridgehead atoms. The van der Waals surface area contributed by atoms with Crippen LogP contribution < -0.4 is 5.14 Å². The summed E-state index contributed by atoms with van der Waals surface area (Å²) >= 11 is 2.37. The zero-order chi connectivity index (χ0) is 15.2. The van der Waals surface area contributed by atoms with Gasteiger partial charge in [0.05, 0.1) is 11.1 Å². The second-order valence-electron chi connectivity index (χ2n) is 3.34. The van der Waals surface area contributed by atoms with E-state index in [1.807, 2.05) is 0 Å². The summed E-state index contributed by atoms with van der Waals surface area (Å²) < 4.78 is 97.1. The SMILES string of the molecule is NS(=O)(=O)c1c(C(F)(F)F)ccc(Br)c1C(F)(F)F. The van der Waals surface area contributed by atoms with E-state index in [2.05, 4.69) is 21.1 Å². The van der Waals surface area contributed by atoms with Gasteiger partial charge in [-0.3, -0.25) is 0 Å². The lowest BCUT2D eigenvalue weighted by molar-refractivity contribution is -0.147. The predicted molar refractivity (Wildman–Crippen MR) is 55.5 cm³/mol. The Morgan fingerprint density at radius 1 is 1.00 bits per heavy atom. The fourth-order valence-electron chi connectivity index (χ4n) is 1.34. The number of benzene rings is 1. The van der Waals surface area contributed by atoms with E-state index >= 15 is 0 Å². The second kappa shape index (κ2) is 4.63. The van der Waals surface area contributed by atoms with Gasteiger partial charge in [-0.2, -0.15) is 26.3 Å². The molecule has 0 saturated heterocycles. The lowest BCUT2D eigenvalue weighted by atomic mass is 10.1. The monoisotopic (exact) mass is 371 g/mol. The molecule has 0 fully saturated rings. The number of rotatable bonds is 1. The van der Waals surface area contributed by atoms with Crippen LogP contribution in [-0.4, -0.2) is 8.42 Å². The van der Waals surface area contributed by atoms with Gasteiger partial charge in [-0.1, -0.05) is 15.9 Å². The van der Waals surface area contributed by atoms with Crippen LogP contribution in [0.25, 0.3) is 0 Å². The van der Waals surface area contributed by atoms with E-state index in [0.717, 1.165) is 0 Å². The molecular formula is C8H4BrF6NO2S. The Labute approximate surface area is 111 Å². The first-order valence-electron chi connectivity index (χ1n) is 4.26. The van der Waals surface area contributed by atoms with Crippen molar-refractivity contribution in [3.05, 3.63) is 27.7 Å². The minimum Gasteiger partial charge on any atom is -0.225 e. The molecule has 3 nitrogen and oxygen atoms in total. The van der Waals surface area contributed by atoms with E-state index in [-0.39, 0.29) is 6.07 Å². The second-order valence-corrected chi connectivity index (χ2v) is 5.69.